The van der Waals surface area contributed by atoms with Gasteiger partial charge in [-0.3, -0.25) is 4.79 Å². The SMILES string of the molecule is O=C(c1cocn1)[C@@]12Cc3cnn(-c4ccc(F)cc4)c3C=C1CCN(S(=O)(=O)c1ccc(C(F)(F)F)cc1)C2. The molecule has 0 N–H and O–H groups in total. The summed E-state index contributed by atoms with van der Waals surface area (Å²) in [6, 6.07) is 9.03. The normalized spacial score (nSPS) is 19.6. The summed E-state index contributed by atoms with van der Waals surface area (Å²) in [6.07, 6.45) is 1.34. The summed E-state index contributed by atoms with van der Waals surface area (Å²) in [6.45, 7) is -0.252. The van der Waals surface area contributed by atoms with E-state index in [1.807, 2.05) is 0 Å². The molecule has 0 spiro atoms. The van der Waals surface area contributed by atoms with Gasteiger partial charge in [-0.25, -0.2) is 22.5 Å². The van der Waals surface area contributed by atoms with Crippen molar-refractivity contribution in [3.8, 4) is 5.69 Å². The van der Waals surface area contributed by atoms with Crippen LogP contribution in [0.2, 0.25) is 0 Å². The summed E-state index contributed by atoms with van der Waals surface area (Å²) in [5.74, 6) is -0.845. The van der Waals surface area contributed by atoms with Crippen molar-refractivity contribution in [2.45, 2.75) is 23.9 Å². The zero-order valence-electron chi connectivity index (χ0n) is 20.6. The Labute approximate surface area is 225 Å². The van der Waals surface area contributed by atoms with Gasteiger partial charge in [0.15, 0.2) is 12.2 Å². The minimum atomic E-state index is -4.61. The zero-order valence-corrected chi connectivity index (χ0v) is 21.4. The molecule has 0 unspecified atom stereocenters. The fourth-order valence-corrected chi connectivity index (χ4v) is 6.84. The molecular formula is C27H20F4N4O4S. The van der Waals surface area contributed by atoms with E-state index in [1.54, 1.807) is 29.1 Å². The Bertz CT molecular complexity index is 1730. The fourth-order valence-electron chi connectivity index (χ4n) is 5.34. The van der Waals surface area contributed by atoms with E-state index >= 15 is 0 Å². The van der Waals surface area contributed by atoms with Crippen molar-refractivity contribution in [3.63, 3.8) is 0 Å². The first kappa shape index (κ1) is 26.1. The maximum absolute atomic E-state index is 13.9. The predicted octanol–water partition coefficient (Wildman–Crippen LogP) is 4.92. The summed E-state index contributed by atoms with van der Waals surface area (Å²) in [4.78, 5) is 17.6. The second-order valence-electron chi connectivity index (χ2n) is 9.69. The standard InChI is InChI=1S/C27H20F4N4O4S/c28-20-3-5-21(6-4-20)35-24-11-19-9-10-34(40(37,38)22-7-1-18(2-8-22)27(29,30)31)15-26(19,12-17(24)13-33-35)25(36)23-14-39-16-32-23/h1-8,11,13-14,16H,9-10,12,15H2/t26-/m1/s1. The number of hydrogen-bond donors (Lipinski definition) is 0. The maximum Gasteiger partial charge on any atom is 0.416 e. The Balaban J connectivity index is 1.40. The van der Waals surface area contributed by atoms with Crippen LogP contribution in [0.15, 0.2) is 82.3 Å². The largest absolute Gasteiger partial charge is 0.451 e. The highest BCUT2D eigenvalue weighted by Gasteiger charge is 2.51. The summed E-state index contributed by atoms with van der Waals surface area (Å²) < 4.78 is 87.5. The summed E-state index contributed by atoms with van der Waals surface area (Å²) in [5, 5.41) is 4.43. The molecule has 8 nitrogen and oxygen atoms in total. The first-order chi connectivity index (χ1) is 19.0. The second-order valence-corrected chi connectivity index (χ2v) is 11.6. The van der Waals surface area contributed by atoms with E-state index in [0.29, 0.717) is 22.5 Å². The number of rotatable bonds is 5. The lowest BCUT2D eigenvalue weighted by molar-refractivity contribution is -0.137. The number of ketones is 1. The molecule has 0 radical (unpaired) electrons. The van der Waals surface area contributed by atoms with Crippen LogP contribution in [-0.4, -0.2) is 46.4 Å². The van der Waals surface area contributed by atoms with Gasteiger partial charge >= 0.3 is 6.18 Å². The average Bonchev–Trinajstić information content (AvgIpc) is 3.61. The highest BCUT2D eigenvalue weighted by atomic mass is 32.2. The van der Waals surface area contributed by atoms with Crippen molar-refractivity contribution >= 4 is 21.9 Å². The number of oxazole rings is 1. The quantitative estimate of drug-likeness (QED) is 0.249. The molecule has 0 saturated carbocycles. The molecule has 6 rings (SSSR count). The van der Waals surface area contributed by atoms with Crippen LogP contribution in [0.5, 0.6) is 0 Å². The van der Waals surface area contributed by atoms with Crippen molar-refractivity contribution < 1.29 is 35.2 Å². The first-order valence-electron chi connectivity index (χ1n) is 12.1. The highest BCUT2D eigenvalue weighted by Crippen LogP contribution is 2.47. The van der Waals surface area contributed by atoms with E-state index < -0.39 is 38.8 Å². The number of fused-ring (bicyclic) bond motifs is 2. The van der Waals surface area contributed by atoms with Gasteiger partial charge in [-0.1, -0.05) is 5.57 Å². The van der Waals surface area contributed by atoms with Crippen molar-refractivity contribution in [1.29, 1.82) is 0 Å². The van der Waals surface area contributed by atoms with Gasteiger partial charge in [-0.2, -0.15) is 22.6 Å². The number of halogens is 4. The predicted molar refractivity (Wildman–Crippen MR) is 133 cm³/mol. The van der Waals surface area contributed by atoms with Gasteiger partial charge in [0.25, 0.3) is 0 Å². The first-order valence-corrected chi connectivity index (χ1v) is 13.6. The van der Waals surface area contributed by atoms with Gasteiger partial charge in [-0.15, -0.1) is 0 Å². The van der Waals surface area contributed by atoms with Crippen LogP contribution in [0.25, 0.3) is 11.8 Å². The Kier molecular flexibility index (Phi) is 6.04. The van der Waals surface area contributed by atoms with E-state index in [0.717, 1.165) is 35.0 Å². The molecule has 2 aromatic heterocycles. The fraction of sp³-hybridized carbons (Fsp3) is 0.222. The molecule has 2 aliphatic rings. The molecule has 1 fully saturated rings. The van der Waals surface area contributed by atoms with Gasteiger partial charge in [0.05, 0.1) is 33.5 Å². The molecule has 1 aliphatic heterocycles. The lowest BCUT2D eigenvalue weighted by Gasteiger charge is -2.44. The van der Waals surface area contributed by atoms with Crippen LogP contribution in [0, 0.1) is 11.2 Å². The van der Waals surface area contributed by atoms with Crippen LogP contribution in [-0.2, 0) is 22.6 Å². The average molecular weight is 573 g/mol. The lowest BCUT2D eigenvalue weighted by Crippen LogP contribution is -2.53. The third kappa shape index (κ3) is 4.25. The number of Topliss-reactive ketones (excluding diaryl/α,β-unsaturated/α-hetero) is 1. The van der Waals surface area contributed by atoms with E-state index in [9.17, 15) is 30.8 Å². The molecular weight excluding hydrogens is 552 g/mol. The van der Waals surface area contributed by atoms with Gasteiger partial charge in [0.1, 0.15) is 17.8 Å². The topological polar surface area (TPSA) is 98.3 Å². The third-order valence-electron chi connectivity index (χ3n) is 7.37. The molecule has 40 heavy (non-hydrogen) atoms. The molecule has 1 aliphatic carbocycles. The molecule has 0 amide bonds. The van der Waals surface area contributed by atoms with Crippen LogP contribution < -0.4 is 0 Å². The van der Waals surface area contributed by atoms with Crippen molar-refractivity contribution in [1.82, 2.24) is 19.1 Å². The van der Waals surface area contributed by atoms with Crippen molar-refractivity contribution in [2.75, 3.05) is 13.1 Å². The number of aromatic nitrogens is 3. The van der Waals surface area contributed by atoms with Crippen LogP contribution >= 0.6 is 0 Å². The number of benzene rings is 2. The molecule has 13 heteroatoms. The molecule has 3 heterocycles. The van der Waals surface area contributed by atoms with Gasteiger partial charge < -0.3 is 4.42 Å². The Morgan fingerprint density at radius 2 is 1.77 bits per heavy atom. The van der Waals surface area contributed by atoms with E-state index in [2.05, 4.69) is 10.1 Å². The molecule has 0 bridgehead atoms. The van der Waals surface area contributed by atoms with Gasteiger partial charge in [-0.05, 0) is 73.0 Å². The molecule has 4 aromatic rings. The number of hydrogen-bond acceptors (Lipinski definition) is 6. The van der Waals surface area contributed by atoms with E-state index in [-0.39, 0.29) is 36.5 Å². The number of carbonyl (C=O) groups is 1. The van der Waals surface area contributed by atoms with Crippen LogP contribution in [0.1, 0.15) is 33.7 Å². The van der Waals surface area contributed by atoms with Crippen LogP contribution in [0.3, 0.4) is 0 Å². The number of nitrogens with zero attached hydrogens (tertiary/aromatic N) is 4. The van der Waals surface area contributed by atoms with Crippen molar-refractivity contribution in [2.24, 2.45) is 5.41 Å². The molecule has 206 valence electrons. The number of carbonyl (C=O) groups excluding carboxylic acids is 1. The minimum absolute atomic E-state index is 0.00303. The Morgan fingerprint density at radius 3 is 2.42 bits per heavy atom. The lowest BCUT2D eigenvalue weighted by atomic mass is 9.65. The summed E-state index contributed by atoms with van der Waals surface area (Å²) in [7, 11) is -4.25. The number of sulfonamides is 1. The van der Waals surface area contributed by atoms with E-state index in [4.69, 9.17) is 4.42 Å². The number of piperidine rings is 1. The van der Waals surface area contributed by atoms with Crippen molar-refractivity contribution in [3.05, 3.63) is 101 Å². The second kappa shape index (κ2) is 9.24. The summed E-state index contributed by atoms with van der Waals surface area (Å²) in [5.41, 5.74) is 0.327. The number of alkyl halides is 3. The minimum Gasteiger partial charge on any atom is -0.451 e. The van der Waals surface area contributed by atoms with E-state index in [1.165, 1.54) is 18.4 Å². The summed E-state index contributed by atoms with van der Waals surface area (Å²) >= 11 is 0. The highest BCUT2D eigenvalue weighted by molar-refractivity contribution is 7.89. The maximum atomic E-state index is 13.9. The van der Waals surface area contributed by atoms with Gasteiger partial charge in [0.2, 0.25) is 10.0 Å². The Hall–Kier alpha value is -4.10. The molecule has 2 aromatic carbocycles. The molecule has 1 saturated heterocycles. The van der Waals surface area contributed by atoms with Gasteiger partial charge in [0, 0.05) is 13.1 Å². The molecule has 1 atom stereocenters. The Morgan fingerprint density at radius 1 is 1.05 bits per heavy atom. The zero-order chi connectivity index (χ0) is 28.3. The third-order valence-corrected chi connectivity index (χ3v) is 9.23. The monoisotopic (exact) mass is 572 g/mol. The van der Waals surface area contributed by atoms with Crippen LogP contribution in [0.4, 0.5) is 17.6 Å². The smallest absolute Gasteiger partial charge is 0.416 e.